The standard InChI is InChI=1S/C24H17F4NO4/c25-18-9-12(20(26)22(28)21(18)27)10-19(23(30)31)29-24(32)33-11-17-15-7-3-1-5-13(15)14-6-2-4-8-16(14)17/h1-9,17,19H,10-11H2,(H,29,32)(H,30,31)/t19-/m0/s1. The molecule has 0 unspecified atom stereocenters. The van der Waals surface area contributed by atoms with Crippen LogP contribution < -0.4 is 5.32 Å². The van der Waals surface area contributed by atoms with Gasteiger partial charge in [0.15, 0.2) is 23.3 Å². The van der Waals surface area contributed by atoms with Crippen molar-refractivity contribution < 1.29 is 37.0 Å². The van der Waals surface area contributed by atoms with Crippen molar-refractivity contribution in [2.24, 2.45) is 0 Å². The summed E-state index contributed by atoms with van der Waals surface area (Å²) in [6.07, 6.45) is -1.92. The average Bonchev–Trinajstić information content (AvgIpc) is 3.13. The first-order valence-electron chi connectivity index (χ1n) is 9.94. The van der Waals surface area contributed by atoms with Gasteiger partial charge in [0.1, 0.15) is 12.6 Å². The number of aliphatic carboxylic acids is 1. The third kappa shape index (κ3) is 4.26. The fourth-order valence-electron chi connectivity index (χ4n) is 3.97. The minimum absolute atomic E-state index is 0.0969. The Balaban J connectivity index is 1.46. The normalized spacial score (nSPS) is 13.2. The number of nitrogens with one attached hydrogen (secondary N) is 1. The van der Waals surface area contributed by atoms with E-state index in [1.54, 1.807) is 0 Å². The molecule has 0 aromatic heterocycles. The Kier molecular flexibility index (Phi) is 6.04. The van der Waals surface area contributed by atoms with Crippen molar-refractivity contribution in [3.8, 4) is 11.1 Å². The quantitative estimate of drug-likeness (QED) is 0.316. The van der Waals surface area contributed by atoms with Gasteiger partial charge < -0.3 is 15.2 Å². The van der Waals surface area contributed by atoms with E-state index in [0.717, 1.165) is 22.3 Å². The van der Waals surface area contributed by atoms with Crippen molar-refractivity contribution in [1.29, 1.82) is 0 Å². The van der Waals surface area contributed by atoms with Gasteiger partial charge in [0.05, 0.1) is 0 Å². The summed E-state index contributed by atoms with van der Waals surface area (Å²) in [7, 11) is 0. The number of fused-ring (bicyclic) bond motifs is 3. The number of alkyl carbamates (subject to hydrolysis) is 1. The number of hydrogen-bond acceptors (Lipinski definition) is 3. The Labute approximate surface area is 185 Å². The van der Waals surface area contributed by atoms with E-state index >= 15 is 0 Å². The van der Waals surface area contributed by atoms with Crippen molar-refractivity contribution in [2.45, 2.75) is 18.4 Å². The average molecular weight is 459 g/mol. The van der Waals surface area contributed by atoms with Crippen molar-refractivity contribution in [1.82, 2.24) is 5.32 Å². The molecule has 2 N–H and O–H groups in total. The maximum absolute atomic E-state index is 13.9. The molecule has 1 aliphatic rings. The molecule has 3 aromatic carbocycles. The van der Waals surface area contributed by atoms with Gasteiger partial charge in [-0.1, -0.05) is 48.5 Å². The molecule has 170 valence electrons. The summed E-state index contributed by atoms with van der Waals surface area (Å²) in [6, 6.07) is 13.8. The number of hydrogen-bond donors (Lipinski definition) is 2. The van der Waals surface area contributed by atoms with E-state index in [-0.39, 0.29) is 12.5 Å². The second-order valence-corrected chi connectivity index (χ2v) is 7.52. The van der Waals surface area contributed by atoms with Gasteiger partial charge in [-0.2, -0.15) is 0 Å². The van der Waals surface area contributed by atoms with Gasteiger partial charge in [-0.25, -0.2) is 27.2 Å². The molecule has 0 aliphatic heterocycles. The minimum Gasteiger partial charge on any atom is -0.480 e. The van der Waals surface area contributed by atoms with E-state index < -0.39 is 53.4 Å². The van der Waals surface area contributed by atoms with Crippen LogP contribution in [0.1, 0.15) is 22.6 Å². The number of carbonyl (C=O) groups excluding carboxylic acids is 1. The van der Waals surface area contributed by atoms with Crippen LogP contribution in [0.15, 0.2) is 54.6 Å². The molecule has 3 aromatic rings. The predicted molar refractivity (Wildman–Crippen MR) is 110 cm³/mol. The number of halogens is 4. The number of amides is 1. The van der Waals surface area contributed by atoms with Gasteiger partial charge in [-0.3, -0.25) is 0 Å². The molecule has 1 aliphatic carbocycles. The van der Waals surface area contributed by atoms with Crippen LogP contribution in [-0.4, -0.2) is 29.8 Å². The Morgan fingerprint density at radius 1 is 0.909 bits per heavy atom. The monoisotopic (exact) mass is 459 g/mol. The van der Waals surface area contributed by atoms with E-state index in [0.29, 0.717) is 6.07 Å². The fourth-order valence-corrected chi connectivity index (χ4v) is 3.97. The molecular weight excluding hydrogens is 442 g/mol. The zero-order chi connectivity index (χ0) is 23.7. The molecule has 1 amide bonds. The number of rotatable bonds is 6. The van der Waals surface area contributed by atoms with E-state index in [1.807, 2.05) is 48.5 Å². The highest BCUT2D eigenvalue weighted by molar-refractivity contribution is 5.81. The Morgan fingerprint density at radius 2 is 1.48 bits per heavy atom. The lowest BCUT2D eigenvalue weighted by Crippen LogP contribution is -2.43. The maximum Gasteiger partial charge on any atom is 0.407 e. The van der Waals surface area contributed by atoms with Gasteiger partial charge in [0.2, 0.25) is 0 Å². The molecule has 0 spiro atoms. The van der Waals surface area contributed by atoms with Crippen LogP contribution in [0.3, 0.4) is 0 Å². The Morgan fingerprint density at radius 3 is 2.06 bits per heavy atom. The van der Waals surface area contributed by atoms with E-state index in [2.05, 4.69) is 5.32 Å². The van der Waals surface area contributed by atoms with Crippen LogP contribution in [0.25, 0.3) is 11.1 Å². The highest BCUT2D eigenvalue weighted by Gasteiger charge is 2.30. The number of carbonyl (C=O) groups is 2. The molecule has 0 saturated heterocycles. The van der Waals surface area contributed by atoms with E-state index in [1.165, 1.54) is 0 Å². The van der Waals surface area contributed by atoms with Crippen molar-refractivity contribution in [3.05, 3.63) is 94.6 Å². The highest BCUT2D eigenvalue weighted by Crippen LogP contribution is 2.44. The lowest BCUT2D eigenvalue weighted by atomic mass is 9.98. The molecule has 0 bridgehead atoms. The smallest absolute Gasteiger partial charge is 0.407 e. The predicted octanol–water partition coefficient (Wildman–Crippen LogP) is 4.78. The second-order valence-electron chi connectivity index (χ2n) is 7.52. The van der Waals surface area contributed by atoms with Gasteiger partial charge in [0.25, 0.3) is 0 Å². The summed E-state index contributed by atoms with van der Waals surface area (Å²) >= 11 is 0. The Bertz CT molecular complexity index is 1200. The molecule has 1 atom stereocenters. The summed E-state index contributed by atoms with van der Waals surface area (Å²) in [5.41, 5.74) is 3.15. The maximum atomic E-state index is 13.9. The molecule has 0 heterocycles. The topological polar surface area (TPSA) is 75.6 Å². The summed E-state index contributed by atoms with van der Waals surface area (Å²) in [6.45, 7) is -0.0969. The number of ether oxygens (including phenoxy) is 1. The van der Waals surface area contributed by atoms with Crippen LogP contribution in [0, 0.1) is 23.3 Å². The van der Waals surface area contributed by atoms with Crippen molar-refractivity contribution in [2.75, 3.05) is 6.61 Å². The highest BCUT2D eigenvalue weighted by atomic mass is 19.2. The first-order chi connectivity index (χ1) is 15.8. The Hall–Kier alpha value is -3.88. The third-order valence-corrected chi connectivity index (χ3v) is 5.54. The van der Waals surface area contributed by atoms with Gasteiger partial charge in [-0.15, -0.1) is 0 Å². The fraction of sp³-hybridized carbons (Fsp3) is 0.167. The van der Waals surface area contributed by atoms with Gasteiger partial charge in [0, 0.05) is 12.3 Å². The third-order valence-electron chi connectivity index (χ3n) is 5.54. The van der Waals surface area contributed by atoms with Crippen molar-refractivity contribution in [3.63, 3.8) is 0 Å². The minimum atomic E-state index is -2.06. The van der Waals surface area contributed by atoms with Crippen molar-refractivity contribution >= 4 is 12.1 Å². The lowest BCUT2D eigenvalue weighted by Gasteiger charge is -2.18. The summed E-state index contributed by atoms with van der Waals surface area (Å²) in [5.74, 6) is -9.33. The van der Waals surface area contributed by atoms with Gasteiger partial charge >= 0.3 is 12.1 Å². The van der Waals surface area contributed by atoms with Gasteiger partial charge in [-0.05, 0) is 33.9 Å². The molecule has 33 heavy (non-hydrogen) atoms. The summed E-state index contributed by atoms with van der Waals surface area (Å²) < 4.78 is 59.2. The van der Waals surface area contributed by atoms with Crippen LogP contribution in [0.5, 0.6) is 0 Å². The van der Waals surface area contributed by atoms with Crippen LogP contribution >= 0.6 is 0 Å². The van der Waals surface area contributed by atoms with Crippen LogP contribution in [-0.2, 0) is 16.0 Å². The zero-order valence-corrected chi connectivity index (χ0v) is 16.9. The second kappa shape index (κ2) is 8.93. The number of carboxylic acid groups (broad SMARTS) is 1. The largest absolute Gasteiger partial charge is 0.480 e. The first-order valence-corrected chi connectivity index (χ1v) is 9.94. The molecular formula is C24H17F4NO4. The lowest BCUT2D eigenvalue weighted by molar-refractivity contribution is -0.139. The van der Waals surface area contributed by atoms with E-state index in [9.17, 15) is 32.3 Å². The zero-order valence-electron chi connectivity index (χ0n) is 16.9. The molecule has 5 nitrogen and oxygen atoms in total. The summed E-state index contributed by atoms with van der Waals surface area (Å²) in [4.78, 5) is 23.8. The van der Waals surface area contributed by atoms with E-state index in [4.69, 9.17) is 4.74 Å². The molecule has 9 heteroatoms. The number of benzene rings is 3. The first kappa shape index (κ1) is 22.3. The van der Waals surface area contributed by atoms with Crippen LogP contribution in [0.2, 0.25) is 0 Å². The SMILES string of the molecule is O=C(N[C@@H](Cc1cc(F)c(F)c(F)c1F)C(=O)O)OCC1c2ccccc2-c2ccccc21. The molecule has 4 rings (SSSR count). The molecule has 0 radical (unpaired) electrons. The van der Waals surface area contributed by atoms with Crippen LogP contribution in [0.4, 0.5) is 22.4 Å². The summed E-state index contributed by atoms with van der Waals surface area (Å²) in [5, 5.41) is 11.4. The number of carboxylic acids is 1. The molecule has 0 fully saturated rings. The molecule has 0 saturated carbocycles.